The lowest BCUT2D eigenvalue weighted by Crippen LogP contribution is -2.50. The van der Waals surface area contributed by atoms with Crippen molar-refractivity contribution in [3.8, 4) is 0 Å². The summed E-state index contributed by atoms with van der Waals surface area (Å²) in [6.07, 6.45) is 28.2. The summed E-state index contributed by atoms with van der Waals surface area (Å²) in [6, 6.07) is 0. The van der Waals surface area contributed by atoms with E-state index in [0.29, 0.717) is 10.8 Å². The lowest BCUT2D eigenvalue weighted by molar-refractivity contribution is -0.929. The highest BCUT2D eigenvalue weighted by Gasteiger charge is 2.59. The number of fused-ring (bicyclic) bond motifs is 5. The first-order valence-corrected chi connectivity index (χ1v) is 22.8. The predicted octanol–water partition coefficient (Wildman–Crippen LogP) is 11.7. The fraction of sp³-hybridized carbons (Fsp3) is 0.953. The van der Waals surface area contributed by atoms with Crippen LogP contribution in [0, 0.1) is 46.3 Å². The van der Waals surface area contributed by atoms with Crippen molar-refractivity contribution in [2.24, 2.45) is 46.3 Å². The average Bonchev–Trinajstić information content (AvgIpc) is 3.41. The molecule has 0 saturated heterocycles. The van der Waals surface area contributed by atoms with Crippen LogP contribution >= 0.6 is 0 Å². The molecule has 0 aromatic heterocycles. The number of allylic oxidation sites excluding steroid dienone is 1. The zero-order valence-corrected chi connectivity index (χ0v) is 35.2. The van der Waals surface area contributed by atoms with E-state index in [1.165, 1.54) is 140 Å². The predicted molar refractivity (Wildman–Crippen MR) is 213 cm³/mol. The third-order valence-electron chi connectivity index (χ3n) is 14.2. The summed E-state index contributed by atoms with van der Waals surface area (Å²) in [5.74, 6) is 5.46. The summed E-state index contributed by atoms with van der Waals surface area (Å²) in [6.45, 7) is 27.6. The van der Waals surface area contributed by atoms with Crippen LogP contribution in [0.3, 0.4) is 0 Å². The summed E-state index contributed by atoms with van der Waals surface area (Å²) >= 11 is 0. The maximum absolute atomic E-state index is 10.2. The van der Waals surface area contributed by atoms with Crippen molar-refractivity contribution >= 4 is 10.4 Å². The second-order valence-electron chi connectivity index (χ2n) is 18.3. The van der Waals surface area contributed by atoms with Gasteiger partial charge in [-0.2, -0.15) is 8.42 Å². The van der Waals surface area contributed by atoms with Gasteiger partial charge < -0.3 is 9.59 Å². The largest absolute Gasteiger partial charge is 0.394 e. The van der Waals surface area contributed by atoms with E-state index < -0.39 is 10.4 Å². The molecule has 0 aromatic rings. The molecule has 296 valence electrons. The van der Waals surface area contributed by atoms with Crippen LogP contribution in [0.2, 0.25) is 0 Å². The van der Waals surface area contributed by atoms with Crippen molar-refractivity contribution in [3.05, 3.63) is 11.6 Å². The molecule has 50 heavy (non-hydrogen) atoms. The molecule has 0 spiro atoms. The summed E-state index contributed by atoms with van der Waals surface area (Å²) < 4.78 is 33.0. The van der Waals surface area contributed by atoms with Crippen molar-refractivity contribution in [3.63, 3.8) is 0 Å². The Balaban J connectivity index is 0.000000337. The molecule has 8 atom stereocenters. The summed E-state index contributed by atoms with van der Waals surface area (Å²) in [5, 5.41) is 10.2. The second kappa shape index (κ2) is 21.4. The quantitative estimate of drug-likeness (QED) is 0.0788. The van der Waals surface area contributed by atoms with E-state index in [1.54, 1.807) is 5.57 Å². The Hall–Kier alpha value is -0.470. The Labute approximate surface area is 311 Å². The van der Waals surface area contributed by atoms with Gasteiger partial charge in [-0.05, 0) is 123 Å². The fourth-order valence-corrected chi connectivity index (χ4v) is 11.3. The van der Waals surface area contributed by atoms with Gasteiger partial charge in [-0.3, -0.25) is 9.11 Å². The molecule has 4 rings (SSSR count). The molecule has 0 bridgehead atoms. The Bertz CT molecular complexity index is 1050. The lowest BCUT2D eigenvalue weighted by atomic mass is 9.47. The minimum atomic E-state index is -4.67. The number of rotatable bonds is 17. The van der Waals surface area contributed by atoms with Crippen molar-refractivity contribution in [1.29, 1.82) is 0 Å². The fourth-order valence-electron chi connectivity index (χ4n) is 11.3. The van der Waals surface area contributed by atoms with Crippen LogP contribution in [0.25, 0.3) is 0 Å². The zero-order valence-electron chi connectivity index (χ0n) is 34.4. The Morgan fingerprint density at radius 2 is 1.28 bits per heavy atom. The first kappa shape index (κ1) is 45.7. The molecule has 4 aliphatic rings. The number of quaternary nitrogens is 1. The molecule has 6 nitrogen and oxygen atoms in total. The smallest absolute Gasteiger partial charge is 0.393 e. The Morgan fingerprint density at radius 3 is 1.76 bits per heavy atom. The molecular weight excluding hydrogens is 643 g/mol. The van der Waals surface area contributed by atoms with Crippen molar-refractivity contribution in [2.75, 3.05) is 26.2 Å². The minimum Gasteiger partial charge on any atom is -0.393 e. The first-order chi connectivity index (χ1) is 23.5. The standard InChI is InChI=1S/C27H46O.C16H36N.H2O4S/c1-18(2)7-6-8-19(3)23-11-12-24-22-10-9-20-17-21(28)13-15-26(20,4)25(22)14-16-27(23,24)5;1-5-9-13-17(14-10-6-2,15-11-7-3)16-12-8-4;1-5(2,3)4/h9,18-19,21-25,28H,6-8,10-17H2,1-5H3;5-16H2,1-4H3;(H2,1,2,3,4)/q;+1;/t19-,21+,22+,23-,24+,25+,26+,27-;;/m1../s1. The van der Waals surface area contributed by atoms with Crippen LogP contribution in [0.15, 0.2) is 11.6 Å². The van der Waals surface area contributed by atoms with Gasteiger partial charge >= 0.3 is 10.4 Å². The summed E-state index contributed by atoms with van der Waals surface area (Å²) in [7, 11) is -4.67. The highest BCUT2D eigenvalue weighted by molar-refractivity contribution is 7.79. The van der Waals surface area contributed by atoms with Crippen molar-refractivity contribution < 1.29 is 27.1 Å². The van der Waals surface area contributed by atoms with Gasteiger partial charge in [0.05, 0.1) is 32.3 Å². The monoisotopic (exact) mass is 727 g/mol. The molecule has 0 heterocycles. The number of aliphatic hydroxyl groups excluding tert-OH is 1. The number of hydrogen-bond donors (Lipinski definition) is 3. The number of nitrogens with zero attached hydrogens (tertiary/aromatic N) is 1. The molecule has 0 aliphatic heterocycles. The van der Waals surface area contributed by atoms with E-state index >= 15 is 0 Å². The van der Waals surface area contributed by atoms with E-state index in [0.717, 1.165) is 48.3 Å². The van der Waals surface area contributed by atoms with E-state index in [9.17, 15) is 5.11 Å². The zero-order chi connectivity index (χ0) is 37.6. The van der Waals surface area contributed by atoms with Gasteiger partial charge in [-0.15, -0.1) is 0 Å². The molecule has 0 amide bonds. The molecule has 0 radical (unpaired) electrons. The first-order valence-electron chi connectivity index (χ1n) is 21.4. The summed E-state index contributed by atoms with van der Waals surface area (Å²) in [5.41, 5.74) is 2.60. The van der Waals surface area contributed by atoms with E-state index in [1.807, 2.05) is 0 Å². The van der Waals surface area contributed by atoms with Crippen LogP contribution in [0.4, 0.5) is 0 Å². The van der Waals surface area contributed by atoms with Gasteiger partial charge in [0.1, 0.15) is 0 Å². The number of unbranched alkanes of at least 4 members (excludes halogenated alkanes) is 4. The molecule has 3 fully saturated rings. The average molecular weight is 727 g/mol. The molecular formula is C43H84NO5S+. The number of aliphatic hydroxyl groups is 1. The Morgan fingerprint density at radius 1 is 0.760 bits per heavy atom. The molecule has 7 heteroatoms. The normalized spacial score (nSPS) is 31.3. The van der Waals surface area contributed by atoms with E-state index in [4.69, 9.17) is 17.5 Å². The van der Waals surface area contributed by atoms with Crippen molar-refractivity contribution in [1.82, 2.24) is 0 Å². The van der Waals surface area contributed by atoms with E-state index in [2.05, 4.69) is 68.4 Å². The van der Waals surface area contributed by atoms with Gasteiger partial charge in [0.25, 0.3) is 0 Å². The Kier molecular flexibility index (Phi) is 19.6. The van der Waals surface area contributed by atoms with Gasteiger partial charge in [-0.1, -0.05) is 119 Å². The van der Waals surface area contributed by atoms with Gasteiger partial charge in [-0.25, -0.2) is 0 Å². The number of hydrogen-bond acceptors (Lipinski definition) is 3. The van der Waals surface area contributed by atoms with Crippen LogP contribution in [-0.4, -0.2) is 59.4 Å². The summed E-state index contributed by atoms with van der Waals surface area (Å²) in [4.78, 5) is 0. The van der Waals surface area contributed by atoms with Gasteiger partial charge in [0.15, 0.2) is 0 Å². The second-order valence-corrected chi connectivity index (χ2v) is 19.2. The van der Waals surface area contributed by atoms with Crippen LogP contribution in [0.1, 0.15) is 184 Å². The maximum Gasteiger partial charge on any atom is 0.394 e. The van der Waals surface area contributed by atoms with Crippen LogP contribution in [0.5, 0.6) is 0 Å². The third-order valence-corrected chi connectivity index (χ3v) is 14.2. The minimum absolute atomic E-state index is 0.0766. The third kappa shape index (κ3) is 13.4. The van der Waals surface area contributed by atoms with Gasteiger partial charge in [0.2, 0.25) is 0 Å². The SMILES string of the molecule is CC(C)CCC[C@@H](C)[C@H]1CC[C@H]2[C@@H]3CC=C4C[C@@H](O)CC[C@]4(C)[C@H]3CC[C@]12C.CCCC[N+](CCCC)(CCCC)CCCC.O=S(=O)(O)O. The molecule has 0 aromatic carbocycles. The topological polar surface area (TPSA) is 94.8 Å². The highest BCUT2D eigenvalue weighted by Crippen LogP contribution is 2.67. The lowest BCUT2D eigenvalue weighted by Gasteiger charge is -2.58. The molecule has 0 unspecified atom stereocenters. The molecule has 3 saturated carbocycles. The molecule has 3 N–H and O–H groups in total. The van der Waals surface area contributed by atoms with Crippen molar-refractivity contribution in [2.45, 2.75) is 190 Å². The van der Waals surface area contributed by atoms with Gasteiger partial charge in [0, 0.05) is 0 Å². The van der Waals surface area contributed by atoms with Crippen LogP contribution in [-0.2, 0) is 10.4 Å². The highest BCUT2D eigenvalue weighted by atomic mass is 32.3. The van der Waals surface area contributed by atoms with Crippen LogP contribution < -0.4 is 0 Å². The molecule has 4 aliphatic carbocycles. The van der Waals surface area contributed by atoms with E-state index in [-0.39, 0.29) is 6.10 Å². The maximum atomic E-state index is 10.2.